The van der Waals surface area contributed by atoms with Crippen LogP contribution in [-0.2, 0) is 6.54 Å². The van der Waals surface area contributed by atoms with Gasteiger partial charge >= 0.3 is 0 Å². The summed E-state index contributed by atoms with van der Waals surface area (Å²) in [6.45, 7) is 7.36. The van der Waals surface area contributed by atoms with Crippen LogP contribution in [0.25, 0.3) is 10.9 Å². The molecule has 1 saturated carbocycles. The number of aromatic amines is 1. The number of hydrogen-bond donors (Lipinski definition) is 1. The average Bonchev–Trinajstić information content (AvgIpc) is 3.60. The van der Waals surface area contributed by atoms with Crippen LogP contribution in [0.15, 0.2) is 54.7 Å². The maximum atomic E-state index is 13.2. The SMILES string of the molecule is O=C(c1ccc2c(CN3CCN(C4CCCC4)CC3)c[nH]c2c1)N1CCC(c2ccccc2)CC1. The topological polar surface area (TPSA) is 42.6 Å². The smallest absolute Gasteiger partial charge is 0.253 e. The van der Waals surface area contributed by atoms with Crippen molar-refractivity contribution in [2.75, 3.05) is 39.3 Å². The highest BCUT2D eigenvalue weighted by molar-refractivity contribution is 5.98. The predicted octanol–water partition coefficient (Wildman–Crippen LogP) is 5.25. The van der Waals surface area contributed by atoms with Gasteiger partial charge in [0.2, 0.25) is 0 Å². The molecular weight excluding hydrogens is 432 g/mol. The van der Waals surface area contributed by atoms with Gasteiger partial charge in [-0.25, -0.2) is 0 Å². The maximum Gasteiger partial charge on any atom is 0.253 e. The Kier molecular flexibility index (Phi) is 6.62. The standard InChI is InChI=1S/C30H38N4O/c35-30(34-14-12-24(13-15-34)23-6-2-1-3-7-23)25-10-11-28-26(21-31-29(28)20-25)22-32-16-18-33(19-17-32)27-8-4-5-9-27/h1-3,6-7,10-11,20-21,24,27,31H,4-5,8-9,12-19,22H2. The highest BCUT2D eigenvalue weighted by Crippen LogP contribution is 2.29. The third-order valence-electron chi connectivity index (χ3n) is 8.71. The van der Waals surface area contributed by atoms with E-state index >= 15 is 0 Å². The molecule has 1 amide bonds. The number of amides is 1. The van der Waals surface area contributed by atoms with Gasteiger partial charge < -0.3 is 9.88 Å². The van der Waals surface area contributed by atoms with Gasteiger partial charge in [0.05, 0.1) is 0 Å². The normalized spacial score (nSPS) is 21.2. The van der Waals surface area contributed by atoms with E-state index in [1.165, 1.54) is 55.3 Å². The van der Waals surface area contributed by atoms with Crippen molar-refractivity contribution in [2.24, 2.45) is 0 Å². The van der Waals surface area contributed by atoms with Gasteiger partial charge in [-0.1, -0.05) is 49.2 Å². The Balaban J connectivity index is 1.06. The molecule has 2 aromatic carbocycles. The van der Waals surface area contributed by atoms with Crippen LogP contribution in [-0.4, -0.2) is 70.9 Å². The van der Waals surface area contributed by atoms with Crippen molar-refractivity contribution in [3.63, 3.8) is 0 Å². The van der Waals surface area contributed by atoms with Gasteiger partial charge in [0.25, 0.3) is 5.91 Å². The van der Waals surface area contributed by atoms with Crippen molar-refractivity contribution in [2.45, 2.75) is 57.0 Å². The van der Waals surface area contributed by atoms with Crippen LogP contribution in [0.3, 0.4) is 0 Å². The average molecular weight is 471 g/mol. The molecular formula is C30H38N4O. The lowest BCUT2D eigenvalue weighted by Gasteiger charge is -2.38. The highest BCUT2D eigenvalue weighted by Gasteiger charge is 2.27. The second-order valence-corrected chi connectivity index (χ2v) is 10.8. The Morgan fingerprint density at radius 1 is 0.857 bits per heavy atom. The zero-order valence-corrected chi connectivity index (χ0v) is 20.8. The fourth-order valence-electron chi connectivity index (χ4n) is 6.57. The summed E-state index contributed by atoms with van der Waals surface area (Å²) in [4.78, 5) is 24.0. The van der Waals surface area contributed by atoms with Crippen molar-refractivity contribution in [3.05, 3.63) is 71.4 Å². The predicted molar refractivity (Wildman–Crippen MR) is 142 cm³/mol. The molecule has 3 fully saturated rings. The van der Waals surface area contributed by atoms with Crippen LogP contribution in [0, 0.1) is 0 Å². The molecule has 0 atom stereocenters. The number of H-pyrrole nitrogens is 1. The number of aromatic nitrogens is 1. The lowest BCUT2D eigenvalue weighted by atomic mass is 9.89. The quantitative estimate of drug-likeness (QED) is 0.554. The van der Waals surface area contributed by atoms with E-state index in [0.717, 1.165) is 62.7 Å². The van der Waals surface area contributed by atoms with Crippen LogP contribution in [0.2, 0.25) is 0 Å². The van der Waals surface area contributed by atoms with E-state index < -0.39 is 0 Å². The first kappa shape index (κ1) is 22.8. The van der Waals surface area contributed by atoms with Crippen LogP contribution >= 0.6 is 0 Å². The molecule has 1 aromatic heterocycles. The molecule has 5 nitrogen and oxygen atoms in total. The molecule has 0 bridgehead atoms. The molecule has 3 aromatic rings. The number of hydrogen-bond acceptors (Lipinski definition) is 3. The second kappa shape index (κ2) is 10.2. The summed E-state index contributed by atoms with van der Waals surface area (Å²) < 4.78 is 0. The minimum absolute atomic E-state index is 0.164. The number of benzene rings is 2. The molecule has 1 aliphatic carbocycles. The molecule has 0 spiro atoms. The number of nitrogens with one attached hydrogen (secondary N) is 1. The molecule has 3 aliphatic rings. The van der Waals surface area contributed by atoms with Gasteiger partial charge in [-0.05, 0) is 54.9 Å². The summed E-state index contributed by atoms with van der Waals surface area (Å²) in [5.41, 5.74) is 4.63. The lowest BCUT2D eigenvalue weighted by molar-refractivity contribution is 0.0713. The van der Waals surface area contributed by atoms with Gasteiger partial charge in [-0.15, -0.1) is 0 Å². The lowest BCUT2D eigenvalue weighted by Crippen LogP contribution is -2.49. The second-order valence-electron chi connectivity index (χ2n) is 10.8. The molecule has 1 N–H and O–H groups in total. The van der Waals surface area contributed by atoms with Crippen molar-refractivity contribution in [3.8, 4) is 0 Å². The number of piperazine rings is 1. The summed E-state index contributed by atoms with van der Waals surface area (Å²) in [6, 6.07) is 17.8. The maximum absolute atomic E-state index is 13.2. The fraction of sp³-hybridized carbons (Fsp3) is 0.500. The summed E-state index contributed by atoms with van der Waals surface area (Å²) in [7, 11) is 0. The molecule has 2 aliphatic heterocycles. The Morgan fingerprint density at radius 2 is 1.60 bits per heavy atom. The summed E-state index contributed by atoms with van der Waals surface area (Å²) >= 11 is 0. The van der Waals surface area contributed by atoms with E-state index in [-0.39, 0.29) is 5.91 Å². The minimum atomic E-state index is 0.164. The summed E-state index contributed by atoms with van der Waals surface area (Å²) in [6.07, 6.45) is 9.85. The zero-order chi connectivity index (χ0) is 23.6. The van der Waals surface area contributed by atoms with Crippen molar-refractivity contribution in [1.29, 1.82) is 0 Å². The summed E-state index contributed by atoms with van der Waals surface area (Å²) in [5, 5.41) is 1.25. The van der Waals surface area contributed by atoms with Crippen LogP contribution < -0.4 is 0 Å². The van der Waals surface area contributed by atoms with E-state index in [9.17, 15) is 4.79 Å². The Hall–Kier alpha value is -2.63. The number of carbonyl (C=O) groups excluding carboxylic acids is 1. The Labute approximate surface area is 209 Å². The highest BCUT2D eigenvalue weighted by atomic mass is 16.2. The van der Waals surface area contributed by atoms with E-state index in [0.29, 0.717) is 5.92 Å². The molecule has 35 heavy (non-hydrogen) atoms. The van der Waals surface area contributed by atoms with Crippen molar-refractivity contribution >= 4 is 16.8 Å². The Morgan fingerprint density at radius 3 is 2.34 bits per heavy atom. The van der Waals surface area contributed by atoms with E-state index in [1.54, 1.807) is 0 Å². The molecule has 3 heterocycles. The third-order valence-corrected chi connectivity index (χ3v) is 8.71. The van der Waals surface area contributed by atoms with Crippen LogP contribution in [0.1, 0.15) is 65.9 Å². The first-order chi connectivity index (χ1) is 17.2. The number of nitrogens with zero attached hydrogens (tertiary/aromatic N) is 3. The molecule has 2 saturated heterocycles. The number of rotatable bonds is 5. The number of piperidine rings is 1. The number of carbonyl (C=O) groups is 1. The first-order valence-corrected chi connectivity index (χ1v) is 13.7. The molecule has 6 rings (SSSR count). The largest absolute Gasteiger partial charge is 0.361 e. The van der Waals surface area contributed by atoms with E-state index in [4.69, 9.17) is 0 Å². The molecule has 0 radical (unpaired) electrons. The van der Waals surface area contributed by atoms with Gasteiger partial charge in [0.15, 0.2) is 0 Å². The van der Waals surface area contributed by atoms with Gasteiger partial charge in [0, 0.05) is 74.5 Å². The van der Waals surface area contributed by atoms with Gasteiger partial charge in [-0.2, -0.15) is 0 Å². The van der Waals surface area contributed by atoms with Gasteiger partial charge in [-0.3, -0.25) is 14.6 Å². The fourth-order valence-corrected chi connectivity index (χ4v) is 6.57. The first-order valence-electron chi connectivity index (χ1n) is 13.7. The minimum Gasteiger partial charge on any atom is -0.361 e. The zero-order valence-electron chi connectivity index (χ0n) is 20.8. The third kappa shape index (κ3) is 4.89. The molecule has 184 valence electrons. The van der Waals surface area contributed by atoms with Crippen molar-refractivity contribution < 1.29 is 4.79 Å². The van der Waals surface area contributed by atoms with Crippen molar-refractivity contribution in [1.82, 2.24) is 19.7 Å². The molecule has 0 unspecified atom stereocenters. The van der Waals surface area contributed by atoms with E-state index in [1.807, 2.05) is 11.0 Å². The summed E-state index contributed by atoms with van der Waals surface area (Å²) in [5.74, 6) is 0.728. The Bertz CT molecular complexity index is 1130. The number of likely N-dealkylation sites (tertiary alicyclic amines) is 1. The number of fused-ring (bicyclic) bond motifs is 1. The monoisotopic (exact) mass is 470 g/mol. The van der Waals surface area contributed by atoms with Crippen LogP contribution in [0.5, 0.6) is 0 Å². The van der Waals surface area contributed by atoms with E-state index in [2.05, 4.69) is 63.4 Å². The van der Waals surface area contributed by atoms with Gasteiger partial charge in [0.1, 0.15) is 0 Å². The molecule has 5 heteroatoms. The van der Waals surface area contributed by atoms with Crippen LogP contribution in [0.4, 0.5) is 0 Å².